The summed E-state index contributed by atoms with van der Waals surface area (Å²) < 4.78 is 63.6. The van der Waals surface area contributed by atoms with Gasteiger partial charge in [-0.3, -0.25) is 9.69 Å². The van der Waals surface area contributed by atoms with Crippen molar-refractivity contribution in [2.75, 3.05) is 10.7 Å². The van der Waals surface area contributed by atoms with Gasteiger partial charge in [0.05, 0.1) is 5.56 Å². The molecule has 0 bridgehead atoms. The van der Waals surface area contributed by atoms with Crippen molar-refractivity contribution in [3.05, 3.63) is 64.7 Å². The third kappa shape index (κ3) is 3.36. The van der Waals surface area contributed by atoms with Gasteiger partial charge in [0.25, 0.3) is 0 Å². The molecule has 2 aromatic rings. The Kier molecular flexibility index (Phi) is 4.28. The van der Waals surface area contributed by atoms with Crippen LogP contribution in [0.5, 0.6) is 0 Å². The van der Waals surface area contributed by atoms with Crippen molar-refractivity contribution < 1.29 is 26.4 Å². The minimum atomic E-state index is -4.60. The number of alkyl halides is 3. The first-order valence-corrected chi connectivity index (χ1v) is 9.15. The van der Waals surface area contributed by atoms with Gasteiger partial charge in [0.2, 0.25) is 5.91 Å². The number of carbonyl (C=O) groups excluding carboxylic acids is 1. The van der Waals surface area contributed by atoms with Crippen LogP contribution in [0.25, 0.3) is 0 Å². The zero-order chi connectivity index (χ0) is 18.4. The number of amides is 1. The highest BCUT2D eigenvalue weighted by molar-refractivity contribution is 7.93. The van der Waals surface area contributed by atoms with Crippen LogP contribution in [-0.4, -0.2) is 20.1 Å². The smallest absolute Gasteiger partial charge is 0.290 e. The molecule has 1 heterocycles. The van der Waals surface area contributed by atoms with Crippen molar-refractivity contribution in [1.29, 1.82) is 0 Å². The highest BCUT2D eigenvalue weighted by Gasteiger charge is 2.46. The molecule has 2 aromatic carbocycles. The van der Waals surface area contributed by atoms with Crippen LogP contribution in [0.4, 0.5) is 18.9 Å². The van der Waals surface area contributed by atoms with Gasteiger partial charge in [-0.25, -0.2) is 8.42 Å². The van der Waals surface area contributed by atoms with E-state index in [-0.39, 0.29) is 11.3 Å². The van der Waals surface area contributed by atoms with E-state index in [1.807, 2.05) is 0 Å². The number of anilines is 1. The number of carbonyl (C=O) groups is 1. The fraction of sp³-hybridized carbons (Fsp3) is 0.188. The molecule has 25 heavy (non-hydrogen) atoms. The lowest BCUT2D eigenvalue weighted by Gasteiger charge is -2.24. The maximum Gasteiger partial charge on any atom is 0.416 e. The van der Waals surface area contributed by atoms with Gasteiger partial charge < -0.3 is 0 Å². The van der Waals surface area contributed by atoms with Gasteiger partial charge in [0.1, 0.15) is 5.75 Å². The lowest BCUT2D eigenvalue weighted by molar-refractivity contribution is -0.137. The summed E-state index contributed by atoms with van der Waals surface area (Å²) in [6.45, 7) is 0. The monoisotopic (exact) mass is 389 g/mol. The second-order valence-electron chi connectivity index (χ2n) is 5.52. The van der Waals surface area contributed by atoms with Gasteiger partial charge in [-0.1, -0.05) is 29.8 Å². The Hall–Kier alpha value is -2.06. The largest absolute Gasteiger partial charge is 0.416 e. The Balaban J connectivity index is 2.13. The average Bonchev–Trinajstić information content (AvgIpc) is 2.76. The zero-order valence-electron chi connectivity index (χ0n) is 12.5. The maximum atomic E-state index is 12.9. The van der Waals surface area contributed by atoms with E-state index < -0.39 is 38.6 Å². The molecule has 1 fully saturated rings. The van der Waals surface area contributed by atoms with Gasteiger partial charge >= 0.3 is 6.18 Å². The Morgan fingerprint density at radius 1 is 1.08 bits per heavy atom. The minimum absolute atomic E-state index is 0.124. The molecule has 1 amide bonds. The average molecular weight is 390 g/mol. The van der Waals surface area contributed by atoms with Crippen LogP contribution in [0.3, 0.4) is 0 Å². The molecule has 0 radical (unpaired) electrons. The van der Waals surface area contributed by atoms with E-state index in [1.165, 1.54) is 30.3 Å². The summed E-state index contributed by atoms with van der Waals surface area (Å²) in [6, 6.07) is 9.82. The molecular weight excluding hydrogens is 379 g/mol. The lowest BCUT2D eigenvalue weighted by atomic mass is 10.1. The number of sulfone groups is 1. The highest BCUT2D eigenvalue weighted by atomic mass is 35.5. The van der Waals surface area contributed by atoms with E-state index >= 15 is 0 Å². The summed E-state index contributed by atoms with van der Waals surface area (Å²) >= 11 is 5.79. The highest BCUT2D eigenvalue weighted by Crippen LogP contribution is 2.39. The molecule has 0 aliphatic carbocycles. The Morgan fingerprint density at radius 3 is 2.32 bits per heavy atom. The molecule has 1 unspecified atom stereocenters. The summed E-state index contributed by atoms with van der Waals surface area (Å²) in [5, 5.41) is -1.02. The fourth-order valence-electron chi connectivity index (χ4n) is 2.71. The van der Waals surface area contributed by atoms with E-state index in [1.54, 1.807) is 0 Å². The number of rotatable bonds is 2. The topological polar surface area (TPSA) is 54.5 Å². The summed E-state index contributed by atoms with van der Waals surface area (Å²) in [4.78, 5) is 13.1. The number of hydrogen-bond acceptors (Lipinski definition) is 3. The molecule has 4 nitrogen and oxygen atoms in total. The van der Waals surface area contributed by atoms with Crippen molar-refractivity contribution in [2.24, 2.45) is 0 Å². The van der Waals surface area contributed by atoms with E-state index in [9.17, 15) is 26.4 Å². The van der Waals surface area contributed by atoms with E-state index in [2.05, 4.69) is 0 Å². The first kappa shape index (κ1) is 17.8. The molecule has 0 spiro atoms. The Morgan fingerprint density at radius 2 is 1.72 bits per heavy atom. The van der Waals surface area contributed by atoms with Gasteiger partial charge in [-0.05, 0) is 35.9 Å². The van der Waals surface area contributed by atoms with Crippen molar-refractivity contribution in [3.63, 3.8) is 0 Å². The quantitative estimate of drug-likeness (QED) is 0.784. The van der Waals surface area contributed by atoms with Crippen molar-refractivity contribution in [1.82, 2.24) is 0 Å². The molecule has 132 valence electrons. The molecule has 0 saturated carbocycles. The van der Waals surface area contributed by atoms with Gasteiger partial charge in [0.15, 0.2) is 15.2 Å². The molecule has 0 aromatic heterocycles. The van der Waals surface area contributed by atoms with E-state index in [0.29, 0.717) is 5.02 Å². The number of hydrogen-bond donors (Lipinski definition) is 0. The predicted molar refractivity (Wildman–Crippen MR) is 86.9 cm³/mol. The summed E-state index contributed by atoms with van der Waals surface area (Å²) in [5.74, 6) is -1.55. The van der Waals surface area contributed by atoms with Gasteiger partial charge in [-0.2, -0.15) is 13.2 Å². The second kappa shape index (κ2) is 6.03. The second-order valence-corrected chi connectivity index (χ2v) is 8.02. The molecular formula is C16H11ClF3NO3S. The third-order valence-electron chi connectivity index (χ3n) is 3.77. The van der Waals surface area contributed by atoms with Crippen LogP contribution in [0.15, 0.2) is 48.5 Å². The third-order valence-corrected chi connectivity index (χ3v) is 5.84. The SMILES string of the molecule is O=C1CS(=O)(=O)C(c2ccc(Cl)cc2)N1c1cccc(C(F)(F)F)c1. The lowest BCUT2D eigenvalue weighted by Crippen LogP contribution is -2.29. The van der Waals surface area contributed by atoms with Crippen LogP contribution < -0.4 is 4.90 Å². The first-order chi connectivity index (χ1) is 11.6. The van der Waals surface area contributed by atoms with Crippen LogP contribution in [-0.2, 0) is 20.8 Å². The summed E-state index contributed by atoms with van der Waals surface area (Å²) in [7, 11) is -3.90. The summed E-state index contributed by atoms with van der Waals surface area (Å²) in [6.07, 6.45) is -4.60. The fourth-order valence-corrected chi connectivity index (χ4v) is 4.61. The number of halogens is 4. The van der Waals surface area contributed by atoms with Crippen molar-refractivity contribution in [2.45, 2.75) is 11.6 Å². The molecule has 1 atom stereocenters. The summed E-state index contributed by atoms with van der Waals surface area (Å²) in [5.41, 5.74) is -0.828. The molecule has 0 N–H and O–H groups in total. The molecule has 9 heteroatoms. The van der Waals surface area contributed by atoms with Crippen molar-refractivity contribution >= 4 is 33.0 Å². The normalized spacial score (nSPS) is 20.1. The van der Waals surface area contributed by atoms with E-state index in [4.69, 9.17) is 11.6 Å². The van der Waals surface area contributed by atoms with Gasteiger partial charge in [0, 0.05) is 10.7 Å². The van der Waals surface area contributed by atoms with Crippen molar-refractivity contribution in [3.8, 4) is 0 Å². The van der Waals surface area contributed by atoms with Crippen LogP contribution in [0.2, 0.25) is 5.02 Å². The molecule has 1 aliphatic rings. The van der Waals surface area contributed by atoms with Crippen LogP contribution >= 0.6 is 11.6 Å². The Bertz CT molecular complexity index is 926. The first-order valence-electron chi connectivity index (χ1n) is 7.06. The predicted octanol–water partition coefficient (Wildman–Crippen LogP) is 3.82. The Labute approximate surface area is 146 Å². The minimum Gasteiger partial charge on any atom is -0.290 e. The molecule has 1 saturated heterocycles. The standard InChI is InChI=1S/C16H11ClF3NO3S/c17-12-6-4-10(5-7-12)15-21(14(22)9-25(15,23)24)13-3-1-2-11(8-13)16(18,19)20/h1-8,15H,9H2. The number of nitrogens with zero attached hydrogens (tertiary/aromatic N) is 1. The zero-order valence-corrected chi connectivity index (χ0v) is 14.1. The van der Waals surface area contributed by atoms with Crippen LogP contribution in [0.1, 0.15) is 16.5 Å². The number of benzene rings is 2. The van der Waals surface area contributed by atoms with Gasteiger partial charge in [-0.15, -0.1) is 0 Å². The molecule has 1 aliphatic heterocycles. The van der Waals surface area contributed by atoms with Crippen LogP contribution in [0, 0.1) is 0 Å². The maximum absolute atomic E-state index is 12.9. The molecule has 3 rings (SSSR count). The van der Waals surface area contributed by atoms with E-state index in [0.717, 1.165) is 23.1 Å².